The van der Waals surface area contributed by atoms with Gasteiger partial charge in [0.1, 0.15) is 5.82 Å². The molecule has 2 aromatic heterocycles. The van der Waals surface area contributed by atoms with E-state index in [1.54, 1.807) is 17.3 Å². The Kier molecular flexibility index (Phi) is 4.34. The summed E-state index contributed by atoms with van der Waals surface area (Å²) in [6, 6.07) is 5.85. The van der Waals surface area contributed by atoms with Gasteiger partial charge in [0.25, 0.3) is 0 Å². The molecule has 0 spiro atoms. The second-order valence-electron chi connectivity index (χ2n) is 7.46. The van der Waals surface area contributed by atoms with E-state index >= 15 is 0 Å². The van der Waals surface area contributed by atoms with Crippen LogP contribution >= 0.6 is 0 Å². The van der Waals surface area contributed by atoms with Crippen LogP contribution in [-0.2, 0) is 15.0 Å². The molecule has 3 heterocycles. The number of amides is 2. The zero-order chi connectivity index (χ0) is 20.8. The fourth-order valence-electron chi connectivity index (χ4n) is 3.40. The normalized spacial score (nSPS) is 14.6. The SMILES string of the molecule is CC(=O)Nc1cncc(N2C(=O)C(C)(C)c3ccc(-c4cnc(C)nc4)cc32)n1. The molecule has 29 heavy (non-hydrogen) atoms. The molecule has 1 aromatic carbocycles. The van der Waals surface area contributed by atoms with Crippen LogP contribution in [0.1, 0.15) is 32.2 Å². The van der Waals surface area contributed by atoms with Gasteiger partial charge in [-0.15, -0.1) is 0 Å². The molecule has 0 aliphatic carbocycles. The van der Waals surface area contributed by atoms with E-state index in [4.69, 9.17) is 0 Å². The van der Waals surface area contributed by atoms with Crippen molar-refractivity contribution in [1.82, 2.24) is 19.9 Å². The number of carbonyl (C=O) groups is 2. The van der Waals surface area contributed by atoms with Crippen molar-refractivity contribution < 1.29 is 9.59 Å². The smallest absolute Gasteiger partial charge is 0.242 e. The van der Waals surface area contributed by atoms with Crippen LogP contribution in [-0.4, -0.2) is 31.8 Å². The summed E-state index contributed by atoms with van der Waals surface area (Å²) >= 11 is 0. The number of hydrogen-bond donors (Lipinski definition) is 1. The largest absolute Gasteiger partial charge is 0.310 e. The van der Waals surface area contributed by atoms with Crippen LogP contribution in [0.25, 0.3) is 11.1 Å². The second-order valence-corrected chi connectivity index (χ2v) is 7.46. The van der Waals surface area contributed by atoms with Gasteiger partial charge in [-0.05, 0) is 38.0 Å². The van der Waals surface area contributed by atoms with Gasteiger partial charge in [0.05, 0.1) is 23.5 Å². The molecule has 8 heteroatoms. The van der Waals surface area contributed by atoms with Crippen molar-refractivity contribution in [2.75, 3.05) is 10.2 Å². The monoisotopic (exact) mass is 388 g/mol. The number of rotatable bonds is 3. The van der Waals surface area contributed by atoms with Crippen LogP contribution in [0.15, 0.2) is 43.0 Å². The first-order valence-corrected chi connectivity index (χ1v) is 9.15. The summed E-state index contributed by atoms with van der Waals surface area (Å²) in [6.45, 7) is 6.99. The third kappa shape index (κ3) is 3.22. The zero-order valence-corrected chi connectivity index (χ0v) is 16.6. The predicted molar refractivity (Wildman–Crippen MR) is 109 cm³/mol. The molecule has 0 bridgehead atoms. The van der Waals surface area contributed by atoms with Crippen LogP contribution in [0.2, 0.25) is 0 Å². The minimum Gasteiger partial charge on any atom is -0.310 e. The number of anilines is 3. The van der Waals surface area contributed by atoms with Crippen LogP contribution < -0.4 is 10.2 Å². The molecule has 1 aliphatic rings. The predicted octanol–water partition coefficient (Wildman–Crippen LogP) is 3.16. The quantitative estimate of drug-likeness (QED) is 0.740. The molecule has 4 rings (SSSR count). The maximum atomic E-state index is 13.3. The molecular formula is C21H20N6O2. The summed E-state index contributed by atoms with van der Waals surface area (Å²) in [4.78, 5) is 43.2. The molecule has 146 valence electrons. The standard InChI is InChI=1S/C21H20N6O2/c1-12-23-8-15(9-24-12)14-5-6-16-17(7-14)27(20(29)21(16,3)4)19-11-22-10-18(26-19)25-13(2)28/h5-11H,1-4H3,(H,25,26,28). The number of fused-ring (bicyclic) bond motifs is 1. The van der Waals surface area contributed by atoms with Crippen LogP contribution in [0, 0.1) is 6.92 Å². The van der Waals surface area contributed by atoms with Gasteiger partial charge in [-0.2, -0.15) is 0 Å². The number of benzene rings is 1. The summed E-state index contributed by atoms with van der Waals surface area (Å²) in [5, 5.41) is 2.60. The van der Waals surface area contributed by atoms with E-state index in [1.165, 1.54) is 19.3 Å². The lowest BCUT2D eigenvalue weighted by Crippen LogP contribution is -2.33. The number of aromatic nitrogens is 4. The number of nitrogens with one attached hydrogen (secondary N) is 1. The number of carbonyl (C=O) groups excluding carboxylic acids is 2. The molecule has 0 radical (unpaired) electrons. The van der Waals surface area contributed by atoms with Crippen molar-refractivity contribution in [2.45, 2.75) is 33.1 Å². The van der Waals surface area contributed by atoms with E-state index in [1.807, 2.05) is 39.0 Å². The molecule has 8 nitrogen and oxygen atoms in total. The Morgan fingerprint density at radius 1 is 1.07 bits per heavy atom. The van der Waals surface area contributed by atoms with Gasteiger partial charge in [0, 0.05) is 24.9 Å². The van der Waals surface area contributed by atoms with Gasteiger partial charge in [-0.3, -0.25) is 19.5 Å². The second kappa shape index (κ2) is 6.73. The maximum Gasteiger partial charge on any atom is 0.242 e. The molecular weight excluding hydrogens is 368 g/mol. The average Bonchev–Trinajstić information content (AvgIpc) is 2.87. The molecule has 1 aliphatic heterocycles. The first-order valence-electron chi connectivity index (χ1n) is 9.15. The number of nitrogens with zero attached hydrogens (tertiary/aromatic N) is 5. The highest BCUT2D eigenvalue weighted by atomic mass is 16.2. The fourth-order valence-corrected chi connectivity index (χ4v) is 3.40. The Morgan fingerprint density at radius 2 is 1.79 bits per heavy atom. The van der Waals surface area contributed by atoms with Gasteiger partial charge >= 0.3 is 0 Å². The summed E-state index contributed by atoms with van der Waals surface area (Å²) < 4.78 is 0. The van der Waals surface area contributed by atoms with Gasteiger partial charge in [-0.1, -0.05) is 12.1 Å². The van der Waals surface area contributed by atoms with Crippen molar-refractivity contribution in [2.24, 2.45) is 0 Å². The third-order valence-corrected chi connectivity index (χ3v) is 4.92. The fraction of sp³-hybridized carbons (Fsp3) is 0.238. The van der Waals surface area contributed by atoms with Gasteiger partial charge in [0.15, 0.2) is 11.6 Å². The van der Waals surface area contributed by atoms with Gasteiger partial charge in [0.2, 0.25) is 11.8 Å². The third-order valence-electron chi connectivity index (χ3n) is 4.92. The first kappa shape index (κ1) is 18.7. The van der Waals surface area contributed by atoms with Crippen molar-refractivity contribution in [1.29, 1.82) is 0 Å². The van der Waals surface area contributed by atoms with Crippen LogP contribution in [0.4, 0.5) is 17.3 Å². The molecule has 2 amide bonds. The van der Waals surface area contributed by atoms with E-state index in [9.17, 15) is 9.59 Å². The Labute approximate surface area is 168 Å². The summed E-state index contributed by atoms with van der Waals surface area (Å²) in [5.41, 5.74) is 2.65. The van der Waals surface area contributed by atoms with Crippen molar-refractivity contribution in [3.8, 4) is 11.1 Å². The topological polar surface area (TPSA) is 101 Å². The van der Waals surface area contributed by atoms with Crippen molar-refractivity contribution in [3.05, 3.63) is 54.4 Å². The Balaban J connectivity index is 1.83. The minimum absolute atomic E-state index is 0.112. The average molecular weight is 388 g/mol. The molecule has 0 atom stereocenters. The highest BCUT2D eigenvalue weighted by molar-refractivity contribution is 6.12. The van der Waals surface area contributed by atoms with Gasteiger partial charge < -0.3 is 5.32 Å². The van der Waals surface area contributed by atoms with Crippen LogP contribution in [0.3, 0.4) is 0 Å². The van der Waals surface area contributed by atoms with E-state index in [-0.39, 0.29) is 17.6 Å². The maximum absolute atomic E-state index is 13.3. The highest BCUT2D eigenvalue weighted by Gasteiger charge is 2.45. The molecule has 1 N–H and O–H groups in total. The molecule has 0 saturated carbocycles. The Bertz CT molecular complexity index is 1120. The van der Waals surface area contributed by atoms with Crippen molar-refractivity contribution in [3.63, 3.8) is 0 Å². The minimum atomic E-state index is -0.719. The lowest BCUT2D eigenvalue weighted by atomic mass is 9.85. The molecule has 0 saturated heterocycles. The lowest BCUT2D eigenvalue weighted by Gasteiger charge is -2.19. The Morgan fingerprint density at radius 3 is 2.48 bits per heavy atom. The first-order chi connectivity index (χ1) is 13.8. The van der Waals surface area contributed by atoms with E-state index in [2.05, 4.69) is 25.3 Å². The number of hydrogen-bond acceptors (Lipinski definition) is 6. The summed E-state index contributed by atoms with van der Waals surface area (Å²) in [7, 11) is 0. The molecule has 0 unspecified atom stereocenters. The highest BCUT2D eigenvalue weighted by Crippen LogP contribution is 2.46. The van der Waals surface area contributed by atoms with Gasteiger partial charge in [-0.25, -0.2) is 15.0 Å². The van der Waals surface area contributed by atoms with E-state index < -0.39 is 5.41 Å². The summed E-state index contributed by atoms with van der Waals surface area (Å²) in [5.74, 6) is 0.964. The van der Waals surface area contributed by atoms with Crippen molar-refractivity contribution >= 4 is 29.1 Å². The van der Waals surface area contributed by atoms with Crippen LogP contribution in [0.5, 0.6) is 0 Å². The summed E-state index contributed by atoms with van der Waals surface area (Å²) in [6.07, 6.45) is 6.47. The zero-order valence-electron chi connectivity index (χ0n) is 16.6. The lowest BCUT2D eigenvalue weighted by molar-refractivity contribution is -0.121. The number of aryl methyl sites for hydroxylation is 1. The van der Waals surface area contributed by atoms with E-state index in [0.717, 1.165) is 22.4 Å². The molecule has 3 aromatic rings. The molecule has 0 fully saturated rings. The Hall–Kier alpha value is -3.68. The van der Waals surface area contributed by atoms with E-state index in [0.29, 0.717) is 11.6 Å².